The van der Waals surface area contributed by atoms with E-state index in [0.717, 1.165) is 33.4 Å². The van der Waals surface area contributed by atoms with Crippen LogP contribution in [-0.4, -0.2) is 15.0 Å². The van der Waals surface area contributed by atoms with Crippen LogP contribution < -0.4 is 0 Å². The van der Waals surface area contributed by atoms with E-state index in [1.54, 1.807) is 0 Å². The van der Waals surface area contributed by atoms with Crippen molar-refractivity contribution in [3.63, 3.8) is 0 Å². The van der Waals surface area contributed by atoms with Gasteiger partial charge in [-0.2, -0.15) is 0 Å². The summed E-state index contributed by atoms with van der Waals surface area (Å²) in [7, 11) is 0. The second kappa shape index (κ2) is 11.0. The summed E-state index contributed by atoms with van der Waals surface area (Å²) >= 11 is 1.87. The second-order valence-corrected chi connectivity index (χ2v) is 12.0. The molecule has 44 heavy (non-hydrogen) atoms. The summed E-state index contributed by atoms with van der Waals surface area (Å²) < 4.78 is 2.65. The van der Waals surface area contributed by atoms with Gasteiger partial charge in [0.2, 0.25) is 0 Å². The molecule has 6 aromatic carbocycles. The van der Waals surface area contributed by atoms with Crippen LogP contribution in [0.5, 0.6) is 0 Å². The quantitative estimate of drug-likeness (QED) is 0.203. The molecule has 0 aliphatic carbocycles. The van der Waals surface area contributed by atoms with Crippen molar-refractivity contribution in [1.29, 1.82) is 0 Å². The molecule has 8 aromatic rings. The summed E-state index contributed by atoms with van der Waals surface area (Å²) in [5, 5.41) is 2.64. The molecule has 0 atom stereocenters. The summed E-state index contributed by atoms with van der Waals surface area (Å²) in [5.74, 6) is 1.99. The average molecular weight is 582 g/mol. The van der Waals surface area contributed by atoms with Crippen LogP contribution in [0.3, 0.4) is 0 Å². The normalized spacial score (nSPS) is 11.3. The molecule has 0 saturated carbocycles. The topological polar surface area (TPSA) is 38.7 Å². The van der Waals surface area contributed by atoms with Gasteiger partial charge >= 0.3 is 0 Å². The van der Waals surface area contributed by atoms with Gasteiger partial charge in [0.05, 0.1) is 0 Å². The first-order valence-corrected chi connectivity index (χ1v) is 15.5. The lowest BCUT2D eigenvalue weighted by atomic mass is 9.97. The van der Waals surface area contributed by atoms with Crippen molar-refractivity contribution in [3.05, 3.63) is 151 Å². The van der Waals surface area contributed by atoms with Crippen molar-refractivity contribution in [3.8, 4) is 56.4 Å². The van der Waals surface area contributed by atoms with Crippen LogP contribution in [0.4, 0.5) is 0 Å². The van der Waals surface area contributed by atoms with Crippen LogP contribution in [0, 0.1) is 6.92 Å². The van der Waals surface area contributed by atoms with Crippen molar-refractivity contribution in [2.24, 2.45) is 0 Å². The fraction of sp³-hybridized carbons (Fsp3) is 0.0250. The predicted octanol–water partition coefficient (Wildman–Crippen LogP) is 10.9. The zero-order chi connectivity index (χ0) is 29.5. The maximum absolute atomic E-state index is 4.95. The van der Waals surface area contributed by atoms with Gasteiger partial charge in [-0.3, -0.25) is 0 Å². The summed E-state index contributed by atoms with van der Waals surface area (Å²) in [6, 6.07) is 51.0. The minimum absolute atomic E-state index is 0.663. The standard InChI is InChI=1S/C40H27N3S/c1-26-23-31(27-19-21-28(22-20-27)33-16-10-17-35-34-15-8-9-18-36(34)44-37(33)35)25-32(24-26)40-42-38(29-11-4-2-5-12-29)41-39(43-40)30-13-6-3-7-14-30/h2-25H,1H3. The van der Waals surface area contributed by atoms with Gasteiger partial charge in [0.1, 0.15) is 0 Å². The van der Waals surface area contributed by atoms with E-state index in [4.69, 9.17) is 15.0 Å². The third-order valence-electron chi connectivity index (χ3n) is 7.97. The lowest BCUT2D eigenvalue weighted by Crippen LogP contribution is -2.00. The molecule has 0 unspecified atom stereocenters. The van der Waals surface area contributed by atoms with Gasteiger partial charge in [-0.05, 0) is 52.9 Å². The lowest BCUT2D eigenvalue weighted by Gasteiger charge is -2.11. The number of benzene rings is 6. The number of thiophene rings is 1. The average Bonchev–Trinajstić information content (AvgIpc) is 3.48. The largest absolute Gasteiger partial charge is 0.208 e. The van der Waals surface area contributed by atoms with Gasteiger partial charge in [-0.1, -0.05) is 127 Å². The Morgan fingerprint density at radius 3 is 1.64 bits per heavy atom. The fourth-order valence-corrected chi connectivity index (χ4v) is 7.07. The van der Waals surface area contributed by atoms with Gasteiger partial charge in [0.15, 0.2) is 17.5 Å². The van der Waals surface area contributed by atoms with E-state index in [0.29, 0.717) is 17.5 Å². The van der Waals surface area contributed by atoms with Gasteiger partial charge in [-0.15, -0.1) is 11.3 Å². The molecule has 8 rings (SSSR count). The Kier molecular flexibility index (Phi) is 6.55. The third-order valence-corrected chi connectivity index (χ3v) is 9.19. The van der Waals surface area contributed by atoms with E-state index >= 15 is 0 Å². The molecule has 0 bridgehead atoms. The van der Waals surface area contributed by atoms with E-state index in [-0.39, 0.29) is 0 Å². The molecular formula is C40H27N3S. The molecule has 0 radical (unpaired) electrons. The van der Waals surface area contributed by atoms with E-state index in [2.05, 4.69) is 91.9 Å². The molecule has 0 amide bonds. The van der Waals surface area contributed by atoms with Crippen LogP contribution in [0.2, 0.25) is 0 Å². The van der Waals surface area contributed by atoms with Crippen LogP contribution in [0.25, 0.3) is 76.6 Å². The highest BCUT2D eigenvalue weighted by molar-refractivity contribution is 7.26. The van der Waals surface area contributed by atoms with Crippen molar-refractivity contribution in [1.82, 2.24) is 15.0 Å². The zero-order valence-electron chi connectivity index (χ0n) is 24.1. The second-order valence-electron chi connectivity index (χ2n) is 11.0. The number of fused-ring (bicyclic) bond motifs is 3. The molecule has 2 heterocycles. The maximum atomic E-state index is 4.95. The monoisotopic (exact) mass is 581 g/mol. The third kappa shape index (κ3) is 4.85. The van der Waals surface area contributed by atoms with Crippen LogP contribution in [0.1, 0.15) is 5.56 Å². The SMILES string of the molecule is Cc1cc(-c2ccc(-c3cccc4c3sc3ccccc34)cc2)cc(-c2nc(-c3ccccc3)nc(-c3ccccc3)n2)c1. The number of rotatable bonds is 5. The molecule has 0 spiro atoms. The van der Waals surface area contributed by atoms with Crippen molar-refractivity contribution < 1.29 is 0 Å². The van der Waals surface area contributed by atoms with E-state index in [9.17, 15) is 0 Å². The molecule has 0 fully saturated rings. The first-order valence-electron chi connectivity index (χ1n) is 14.7. The first-order chi connectivity index (χ1) is 21.7. The lowest BCUT2D eigenvalue weighted by molar-refractivity contribution is 1.07. The molecule has 4 heteroatoms. The van der Waals surface area contributed by atoms with Gasteiger partial charge in [0, 0.05) is 36.9 Å². The fourth-order valence-electron chi connectivity index (χ4n) is 5.83. The zero-order valence-corrected chi connectivity index (χ0v) is 24.9. The highest BCUT2D eigenvalue weighted by Gasteiger charge is 2.14. The van der Waals surface area contributed by atoms with Crippen LogP contribution in [-0.2, 0) is 0 Å². The molecule has 3 nitrogen and oxygen atoms in total. The number of hydrogen-bond donors (Lipinski definition) is 0. The Bertz CT molecular complexity index is 2210. The van der Waals surface area contributed by atoms with E-state index in [1.807, 2.05) is 72.0 Å². The van der Waals surface area contributed by atoms with Crippen LogP contribution in [0.15, 0.2) is 146 Å². The number of hydrogen-bond acceptors (Lipinski definition) is 4. The summed E-state index contributed by atoms with van der Waals surface area (Å²) in [6.07, 6.45) is 0. The highest BCUT2D eigenvalue weighted by atomic mass is 32.1. The smallest absolute Gasteiger partial charge is 0.164 e. The molecule has 208 valence electrons. The van der Waals surface area contributed by atoms with Gasteiger partial charge < -0.3 is 0 Å². The number of aryl methyl sites for hydroxylation is 1. The maximum Gasteiger partial charge on any atom is 0.164 e. The number of nitrogens with zero attached hydrogens (tertiary/aromatic N) is 3. The first kappa shape index (κ1) is 26.2. The van der Waals surface area contributed by atoms with Crippen molar-refractivity contribution >= 4 is 31.5 Å². The predicted molar refractivity (Wildman–Crippen MR) is 185 cm³/mol. The molecular weight excluding hydrogens is 555 g/mol. The van der Waals surface area contributed by atoms with Crippen molar-refractivity contribution in [2.75, 3.05) is 0 Å². The Labute approximate surface area is 260 Å². The van der Waals surface area contributed by atoms with E-state index < -0.39 is 0 Å². The molecule has 0 aliphatic rings. The highest BCUT2D eigenvalue weighted by Crippen LogP contribution is 2.40. The Morgan fingerprint density at radius 2 is 0.955 bits per heavy atom. The number of aromatic nitrogens is 3. The molecule has 0 N–H and O–H groups in total. The Morgan fingerprint density at radius 1 is 0.409 bits per heavy atom. The summed E-state index contributed by atoms with van der Waals surface area (Å²) in [6.45, 7) is 2.13. The van der Waals surface area contributed by atoms with Gasteiger partial charge in [-0.25, -0.2) is 15.0 Å². The summed E-state index contributed by atoms with van der Waals surface area (Å²) in [4.78, 5) is 14.8. The van der Waals surface area contributed by atoms with Crippen molar-refractivity contribution in [2.45, 2.75) is 6.92 Å². The molecule has 2 aromatic heterocycles. The molecule has 0 saturated heterocycles. The Balaban J connectivity index is 1.20. The van der Waals surface area contributed by atoms with Crippen LogP contribution >= 0.6 is 11.3 Å². The minimum atomic E-state index is 0.663. The molecule has 0 aliphatic heterocycles. The van der Waals surface area contributed by atoms with Gasteiger partial charge in [0.25, 0.3) is 0 Å². The summed E-state index contributed by atoms with van der Waals surface area (Å²) in [5.41, 5.74) is 8.83. The minimum Gasteiger partial charge on any atom is -0.208 e. The Hall–Kier alpha value is -5.45. The van der Waals surface area contributed by atoms with E-state index in [1.165, 1.54) is 31.3 Å².